The molecule has 0 aromatic heterocycles. The second-order valence-corrected chi connectivity index (χ2v) is 13.3. The maximum atomic E-state index is 12.1. The summed E-state index contributed by atoms with van der Waals surface area (Å²) in [6, 6.07) is 0. The number of allylic oxidation sites excluding steroid dienone is 1. The van der Waals surface area contributed by atoms with Crippen molar-refractivity contribution < 1.29 is 29.6 Å². The Morgan fingerprint density at radius 3 is 2.61 bits per heavy atom. The zero-order valence-electron chi connectivity index (χ0n) is 22.8. The molecule has 1 heterocycles. The van der Waals surface area contributed by atoms with Crippen LogP contribution in [0.5, 0.6) is 0 Å². The first-order chi connectivity index (χ1) is 16.9. The number of epoxide rings is 1. The first kappa shape index (κ1) is 26.4. The number of fused-ring (bicyclic) bond motifs is 3. The van der Waals surface area contributed by atoms with E-state index in [2.05, 4.69) is 34.3 Å². The predicted molar refractivity (Wildman–Crippen MR) is 137 cm³/mol. The van der Waals surface area contributed by atoms with Gasteiger partial charge in [-0.3, -0.25) is 4.79 Å². The van der Waals surface area contributed by atoms with Crippen LogP contribution in [0.15, 0.2) is 23.8 Å². The van der Waals surface area contributed by atoms with Crippen molar-refractivity contribution in [2.75, 3.05) is 6.61 Å². The number of carbonyl (C=O) groups excluding carboxylic acids is 1. The van der Waals surface area contributed by atoms with E-state index < -0.39 is 34.8 Å². The maximum absolute atomic E-state index is 12.1. The standard InChI is InChI=1S/C30H46O6/c1-17(2)18(3)7-8-19(4)22-9-10-23-24-13-25(35-20(5)32)29(34)14-21(33)11-12-28(29,16-31)30(24)26(36-30)15-27(22,23)6/h13,17,19,21-23,25-26,31,33-34H,3,7-12,14-16H2,1-2,4-6H3/t19-,21+,22-,23?,25+,26-,27-,28-,29+,30+/m1/s1. The lowest BCUT2D eigenvalue weighted by Crippen LogP contribution is -2.72. The minimum absolute atomic E-state index is 0.0517. The van der Waals surface area contributed by atoms with Gasteiger partial charge in [-0.25, -0.2) is 0 Å². The van der Waals surface area contributed by atoms with Gasteiger partial charge in [0.15, 0.2) is 0 Å². The highest BCUT2D eigenvalue weighted by molar-refractivity contribution is 5.67. The first-order valence-corrected chi connectivity index (χ1v) is 14.1. The Bertz CT molecular complexity index is 957. The first-order valence-electron chi connectivity index (χ1n) is 14.1. The smallest absolute Gasteiger partial charge is 0.303 e. The second kappa shape index (κ2) is 8.65. The molecule has 0 bridgehead atoms. The molecule has 5 aliphatic rings. The predicted octanol–water partition coefficient (Wildman–Crippen LogP) is 4.32. The van der Waals surface area contributed by atoms with Gasteiger partial charge in [0.2, 0.25) is 0 Å². The van der Waals surface area contributed by atoms with Gasteiger partial charge in [0, 0.05) is 13.3 Å². The lowest BCUT2D eigenvalue weighted by molar-refractivity contribution is -0.237. The van der Waals surface area contributed by atoms with E-state index in [1.54, 1.807) is 0 Å². The molecule has 3 saturated carbocycles. The molecule has 36 heavy (non-hydrogen) atoms. The zero-order chi connectivity index (χ0) is 26.3. The van der Waals surface area contributed by atoms with Crippen molar-refractivity contribution in [3.8, 4) is 0 Å². The second-order valence-electron chi connectivity index (χ2n) is 13.3. The van der Waals surface area contributed by atoms with Crippen LogP contribution in [-0.4, -0.2) is 57.4 Å². The number of aliphatic hydroxyl groups is 3. The number of esters is 1. The van der Waals surface area contributed by atoms with Crippen LogP contribution in [0.2, 0.25) is 0 Å². The molecule has 1 saturated heterocycles. The van der Waals surface area contributed by atoms with Gasteiger partial charge in [-0.05, 0) is 85.7 Å². The van der Waals surface area contributed by atoms with Gasteiger partial charge in [0.05, 0.1) is 24.2 Å². The van der Waals surface area contributed by atoms with Crippen molar-refractivity contribution in [1.82, 2.24) is 0 Å². The molecule has 10 atom stereocenters. The van der Waals surface area contributed by atoms with Crippen LogP contribution in [0.3, 0.4) is 0 Å². The Balaban J connectivity index is 1.52. The van der Waals surface area contributed by atoms with Crippen molar-refractivity contribution in [1.29, 1.82) is 0 Å². The molecule has 3 N–H and O–H groups in total. The fourth-order valence-electron chi connectivity index (χ4n) is 9.26. The maximum Gasteiger partial charge on any atom is 0.303 e. The summed E-state index contributed by atoms with van der Waals surface area (Å²) in [4.78, 5) is 12.1. The van der Waals surface area contributed by atoms with Gasteiger partial charge >= 0.3 is 5.97 Å². The summed E-state index contributed by atoms with van der Waals surface area (Å²) in [6.45, 7) is 14.6. The van der Waals surface area contributed by atoms with Crippen LogP contribution in [-0.2, 0) is 14.3 Å². The number of rotatable bonds is 7. The SMILES string of the molecule is C=C(CC[C@@H](C)[C@H]1CCC2C3=C[C@H](OC(C)=O)[C@@]4(O)C[C@@H](O)CC[C@]4(CO)[C@]34O[C@@H]4C[C@@]21C)C(C)C. The van der Waals surface area contributed by atoms with Crippen LogP contribution >= 0.6 is 0 Å². The Hall–Kier alpha value is -1.21. The summed E-state index contributed by atoms with van der Waals surface area (Å²) in [5.41, 5.74) is -0.799. The van der Waals surface area contributed by atoms with Crippen molar-refractivity contribution >= 4 is 5.97 Å². The number of hydrogen-bond donors (Lipinski definition) is 3. The molecule has 1 aliphatic heterocycles. The van der Waals surface area contributed by atoms with E-state index >= 15 is 0 Å². The van der Waals surface area contributed by atoms with Crippen LogP contribution in [0.4, 0.5) is 0 Å². The fraction of sp³-hybridized carbons (Fsp3) is 0.833. The third kappa shape index (κ3) is 3.40. The summed E-state index contributed by atoms with van der Waals surface area (Å²) < 4.78 is 12.4. The van der Waals surface area contributed by atoms with Crippen LogP contribution in [0, 0.1) is 34.5 Å². The topological polar surface area (TPSA) is 99.5 Å². The van der Waals surface area contributed by atoms with E-state index in [0.717, 1.165) is 37.7 Å². The van der Waals surface area contributed by atoms with E-state index in [-0.39, 0.29) is 30.5 Å². The molecule has 0 aromatic carbocycles. The molecule has 0 amide bonds. The third-order valence-electron chi connectivity index (χ3n) is 11.3. The summed E-state index contributed by atoms with van der Waals surface area (Å²) in [6.07, 6.45) is 6.54. The van der Waals surface area contributed by atoms with Gasteiger partial charge in [-0.15, -0.1) is 0 Å². The lowest BCUT2D eigenvalue weighted by Gasteiger charge is -2.61. The minimum atomic E-state index is -1.57. The highest BCUT2D eigenvalue weighted by Gasteiger charge is 2.83. The monoisotopic (exact) mass is 502 g/mol. The number of carbonyl (C=O) groups is 1. The van der Waals surface area contributed by atoms with E-state index in [9.17, 15) is 20.1 Å². The molecule has 0 radical (unpaired) electrons. The van der Waals surface area contributed by atoms with Crippen molar-refractivity contribution in [2.45, 2.75) is 115 Å². The molecular formula is C30H46O6. The Morgan fingerprint density at radius 2 is 1.97 bits per heavy atom. The quantitative estimate of drug-likeness (QED) is 0.272. The molecule has 6 heteroatoms. The largest absolute Gasteiger partial charge is 0.455 e. The Kier molecular flexibility index (Phi) is 6.35. The Morgan fingerprint density at radius 1 is 1.25 bits per heavy atom. The lowest BCUT2D eigenvalue weighted by atomic mass is 9.44. The van der Waals surface area contributed by atoms with Gasteiger partial charge in [-0.2, -0.15) is 0 Å². The average Bonchev–Trinajstić information content (AvgIpc) is 3.41. The van der Waals surface area contributed by atoms with E-state index in [4.69, 9.17) is 9.47 Å². The number of aliphatic hydroxyl groups excluding tert-OH is 2. The van der Waals surface area contributed by atoms with E-state index in [0.29, 0.717) is 30.6 Å². The van der Waals surface area contributed by atoms with Crippen LogP contribution < -0.4 is 0 Å². The summed E-state index contributed by atoms with van der Waals surface area (Å²) in [5.74, 6) is 1.41. The number of ether oxygens (including phenoxy) is 2. The highest BCUT2D eigenvalue weighted by Crippen LogP contribution is 2.76. The Labute approximate surface area is 216 Å². The van der Waals surface area contributed by atoms with E-state index in [1.807, 2.05) is 6.08 Å². The normalized spacial score (nSPS) is 47.7. The minimum Gasteiger partial charge on any atom is -0.455 e. The third-order valence-corrected chi connectivity index (χ3v) is 11.3. The molecule has 1 unspecified atom stereocenters. The summed E-state index contributed by atoms with van der Waals surface area (Å²) in [7, 11) is 0. The van der Waals surface area contributed by atoms with Crippen LogP contribution in [0.1, 0.15) is 86.0 Å². The molecule has 202 valence electrons. The molecule has 5 rings (SSSR count). The molecule has 0 aromatic rings. The van der Waals surface area contributed by atoms with Crippen molar-refractivity contribution in [3.63, 3.8) is 0 Å². The highest BCUT2D eigenvalue weighted by atomic mass is 16.6. The average molecular weight is 503 g/mol. The zero-order valence-corrected chi connectivity index (χ0v) is 22.8. The van der Waals surface area contributed by atoms with Gasteiger partial charge in [-0.1, -0.05) is 39.8 Å². The molecule has 6 nitrogen and oxygen atoms in total. The van der Waals surface area contributed by atoms with Crippen molar-refractivity contribution in [3.05, 3.63) is 23.8 Å². The molecule has 1 spiro atoms. The van der Waals surface area contributed by atoms with Gasteiger partial charge < -0.3 is 24.8 Å². The van der Waals surface area contributed by atoms with Gasteiger partial charge in [0.1, 0.15) is 17.3 Å². The van der Waals surface area contributed by atoms with Crippen molar-refractivity contribution in [2.24, 2.45) is 34.5 Å². The number of hydrogen-bond acceptors (Lipinski definition) is 6. The molecule has 4 fully saturated rings. The molecular weight excluding hydrogens is 456 g/mol. The fourth-order valence-corrected chi connectivity index (χ4v) is 9.26. The summed E-state index contributed by atoms with van der Waals surface area (Å²) in [5, 5.41) is 33.6. The van der Waals surface area contributed by atoms with Gasteiger partial charge in [0.25, 0.3) is 0 Å². The van der Waals surface area contributed by atoms with Crippen LogP contribution in [0.25, 0.3) is 0 Å². The summed E-state index contributed by atoms with van der Waals surface area (Å²) >= 11 is 0. The molecule has 4 aliphatic carbocycles. The van der Waals surface area contributed by atoms with E-state index in [1.165, 1.54) is 12.5 Å².